The third-order valence-electron chi connectivity index (χ3n) is 1.73. The molecule has 0 saturated carbocycles. The van der Waals surface area contributed by atoms with Gasteiger partial charge in [0.05, 0.1) is 6.54 Å². The van der Waals surface area contributed by atoms with Crippen LogP contribution in [0.15, 0.2) is 0 Å². The number of rotatable bonds is 3. The van der Waals surface area contributed by atoms with Gasteiger partial charge in [0.25, 0.3) is 5.91 Å². The lowest BCUT2D eigenvalue weighted by molar-refractivity contribution is 0.0801. The van der Waals surface area contributed by atoms with Gasteiger partial charge < -0.3 is 4.90 Å². The molecule has 0 radical (unpaired) electrons. The van der Waals surface area contributed by atoms with Gasteiger partial charge in [-0.1, -0.05) is 12.8 Å². The van der Waals surface area contributed by atoms with Crippen molar-refractivity contribution < 1.29 is 4.79 Å². The summed E-state index contributed by atoms with van der Waals surface area (Å²) >= 11 is 0. The van der Waals surface area contributed by atoms with Crippen LogP contribution in [0, 0.1) is 12.3 Å². The van der Waals surface area contributed by atoms with Crippen LogP contribution in [0.3, 0.4) is 0 Å². The van der Waals surface area contributed by atoms with Gasteiger partial charge in [0.15, 0.2) is 0 Å². The standard InChI is InChI=1S/C9H12N4O/c1-4-6-13(3)9(14)8-10-7(5-2)11-12-8/h1H,5-6H2,2-3H3,(H,10,11,12). The van der Waals surface area contributed by atoms with E-state index in [1.54, 1.807) is 7.05 Å². The van der Waals surface area contributed by atoms with E-state index in [0.717, 1.165) is 6.42 Å². The molecule has 74 valence electrons. The minimum atomic E-state index is -0.265. The Bertz CT molecular complexity index is 363. The Labute approximate surface area is 82.5 Å². The highest BCUT2D eigenvalue weighted by Crippen LogP contribution is 1.97. The number of hydrogen-bond donors (Lipinski definition) is 1. The number of aromatic nitrogens is 3. The number of carbonyl (C=O) groups excluding carboxylic acids is 1. The van der Waals surface area contributed by atoms with Crippen LogP contribution >= 0.6 is 0 Å². The third kappa shape index (κ3) is 2.10. The van der Waals surface area contributed by atoms with Crippen molar-refractivity contribution in [3.8, 4) is 12.3 Å². The highest BCUT2D eigenvalue weighted by atomic mass is 16.2. The van der Waals surface area contributed by atoms with Gasteiger partial charge in [-0.2, -0.15) is 0 Å². The number of H-pyrrole nitrogens is 1. The van der Waals surface area contributed by atoms with Crippen molar-refractivity contribution in [1.29, 1.82) is 0 Å². The van der Waals surface area contributed by atoms with E-state index in [-0.39, 0.29) is 18.3 Å². The van der Waals surface area contributed by atoms with Gasteiger partial charge in [0.2, 0.25) is 5.82 Å². The molecule has 1 aromatic rings. The maximum Gasteiger partial charge on any atom is 0.294 e. The van der Waals surface area contributed by atoms with Crippen molar-refractivity contribution in [3.05, 3.63) is 11.6 Å². The quantitative estimate of drug-likeness (QED) is 0.689. The lowest BCUT2D eigenvalue weighted by Gasteiger charge is -2.10. The second-order valence-electron chi connectivity index (χ2n) is 2.82. The molecule has 0 unspecified atom stereocenters. The molecular weight excluding hydrogens is 180 g/mol. The van der Waals surface area contributed by atoms with E-state index in [4.69, 9.17) is 6.42 Å². The number of terminal acetylenes is 1. The highest BCUT2D eigenvalue weighted by molar-refractivity contribution is 5.90. The molecule has 1 amide bonds. The molecule has 5 heteroatoms. The molecule has 0 aromatic carbocycles. The lowest BCUT2D eigenvalue weighted by atomic mass is 10.4. The summed E-state index contributed by atoms with van der Waals surface area (Å²) in [7, 11) is 1.62. The molecule has 1 heterocycles. The predicted molar refractivity (Wildman–Crippen MR) is 51.6 cm³/mol. The second kappa shape index (κ2) is 4.42. The maximum absolute atomic E-state index is 11.5. The smallest absolute Gasteiger partial charge is 0.294 e. The van der Waals surface area contributed by atoms with E-state index >= 15 is 0 Å². The Balaban J connectivity index is 2.74. The largest absolute Gasteiger partial charge is 0.328 e. The van der Waals surface area contributed by atoms with Crippen molar-refractivity contribution in [2.24, 2.45) is 0 Å². The average molecular weight is 192 g/mol. The van der Waals surface area contributed by atoms with Gasteiger partial charge in [-0.15, -0.1) is 11.5 Å². The molecule has 0 aliphatic rings. The van der Waals surface area contributed by atoms with E-state index in [0.29, 0.717) is 5.82 Å². The molecule has 5 nitrogen and oxygen atoms in total. The van der Waals surface area contributed by atoms with E-state index in [1.165, 1.54) is 4.90 Å². The van der Waals surface area contributed by atoms with Crippen LogP contribution < -0.4 is 0 Å². The molecule has 1 N–H and O–H groups in total. The zero-order valence-electron chi connectivity index (χ0n) is 8.24. The first-order chi connectivity index (χ1) is 6.69. The summed E-state index contributed by atoms with van der Waals surface area (Å²) in [5, 5.41) is 6.47. The molecule has 0 spiro atoms. The van der Waals surface area contributed by atoms with Gasteiger partial charge in [-0.25, -0.2) is 4.98 Å². The first kappa shape index (κ1) is 10.3. The summed E-state index contributed by atoms with van der Waals surface area (Å²) in [6.07, 6.45) is 5.81. The fraction of sp³-hybridized carbons (Fsp3) is 0.444. The van der Waals surface area contributed by atoms with Crippen molar-refractivity contribution in [1.82, 2.24) is 20.1 Å². The highest BCUT2D eigenvalue weighted by Gasteiger charge is 2.15. The van der Waals surface area contributed by atoms with Crippen LogP contribution in [0.2, 0.25) is 0 Å². The van der Waals surface area contributed by atoms with Crippen LogP contribution in [0.1, 0.15) is 23.4 Å². The van der Waals surface area contributed by atoms with E-state index in [9.17, 15) is 4.79 Å². The lowest BCUT2D eigenvalue weighted by Crippen LogP contribution is -2.27. The number of aromatic amines is 1. The van der Waals surface area contributed by atoms with Crippen LogP contribution in [-0.2, 0) is 6.42 Å². The zero-order valence-corrected chi connectivity index (χ0v) is 8.24. The Kier molecular flexibility index (Phi) is 3.24. The number of hydrogen-bond acceptors (Lipinski definition) is 3. The van der Waals surface area contributed by atoms with Crippen LogP contribution in [0.4, 0.5) is 0 Å². The van der Waals surface area contributed by atoms with Crippen molar-refractivity contribution in [3.63, 3.8) is 0 Å². The van der Waals surface area contributed by atoms with Gasteiger partial charge in [-0.3, -0.25) is 9.89 Å². The van der Waals surface area contributed by atoms with Crippen molar-refractivity contribution >= 4 is 5.91 Å². The van der Waals surface area contributed by atoms with Crippen LogP contribution in [0.25, 0.3) is 0 Å². The molecule has 0 fully saturated rings. The normalized spacial score (nSPS) is 9.50. The number of carbonyl (C=O) groups is 1. The second-order valence-corrected chi connectivity index (χ2v) is 2.82. The number of aryl methyl sites for hydroxylation is 1. The molecule has 14 heavy (non-hydrogen) atoms. The first-order valence-electron chi connectivity index (χ1n) is 4.29. The number of amides is 1. The fourth-order valence-electron chi connectivity index (χ4n) is 0.929. The zero-order chi connectivity index (χ0) is 10.6. The average Bonchev–Trinajstić information content (AvgIpc) is 2.65. The van der Waals surface area contributed by atoms with Gasteiger partial charge in [-0.05, 0) is 0 Å². The van der Waals surface area contributed by atoms with Crippen LogP contribution in [0.5, 0.6) is 0 Å². The molecule has 1 rings (SSSR count). The van der Waals surface area contributed by atoms with Crippen LogP contribution in [-0.4, -0.2) is 39.6 Å². The van der Waals surface area contributed by atoms with E-state index < -0.39 is 0 Å². The molecule has 0 saturated heterocycles. The third-order valence-corrected chi connectivity index (χ3v) is 1.73. The monoisotopic (exact) mass is 192 g/mol. The molecule has 0 atom stereocenters. The Morgan fingerprint density at radius 2 is 2.43 bits per heavy atom. The molecule has 0 aliphatic heterocycles. The topological polar surface area (TPSA) is 61.9 Å². The van der Waals surface area contributed by atoms with E-state index in [1.807, 2.05) is 6.92 Å². The fourth-order valence-corrected chi connectivity index (χ4v) is 0.929. The summed E-state index contributed by atoms with van der Waals surface area (Å²) in [5.74, 6) is 2.98. The minimum Gasteiger partial charge on any atom is -0.328 e. The van der Waals surface area contributed by atoms with Gasteiger partial charge >= 0.3 is 0 Å². The Morgan fingerprint density at radius 1 is 1.71 bits per heavy atom. The SMILES string of the molecule is C#CCN(C)C(=O)c1n[nH]c(CC)n1. The van der Waals surface area contributed by atoms with Crippen molar-refractivity contribution in [2.75, 3.05) is 13.6 Å². The summed E-state index contributed by atoms with van der Waals surface area (Å²) in [5.41, 5.74) is 0. The molecule has 0 bridgehead atoms. The van der Waals surface area contributed by atoms with Gasteiger partial charge in [0, 0.05) is 13.5 Å². The molecule has 1 aromatic heterocycles. The number of nitrogens with zero attached hydrogens (tertiary/aromatic N) is 3. The van der Waals surface area contributed by atoms with Crippen molar-refractivity contribution in [2.45, 2.75) is 13.3 Å². The summed E-state index contributed by atoms with van der Waals surface area (Å²) in [6.45, 7) is 2.19. The number of nitrogens with one attached hydrogen (secondary N) is 1. The minimum absolute atomic E-state index is 0.166. The summed E-state index contributed by atoms with van der Waals surface area (Å²) in [4.78, 5) is 16.9. The summed E-state index contributed by atoms with van der Waals surface area (Å²) in [6, 6.07) is 0. The molecular formula is C9H12N4O. The van der Waals surface area contributed by atoms with E-state index in [2.05, 4.69) is 21.1 Å². The Morgan fingerprint density at radius 3 is 2.93 bits per heavy atom. The first-order valence-corrected chi connectivity index (χ1v) is 4.29. The maximum atomic E-state index is 11.5. The predicted octanol–water partition coefficient (Wildman–Crippen LogP) is 0.0723. The summed E-state index contributed by atoms with van der Waals surface area (Å²) < 4.78 is 0. The Hall–Kier alpha value is -1.83. The van der Waals surface area contributed by atoms with Gasteiger partial charge in [0.1, 0.15) is 5.82 Å². The molecule has 0 aliphatic carbocycles.